The highest BCUT2D eigenvalue weighted by Crippen LogP contribution is 2.28. The summed E-state index contributed by atoms with van der Waals surface area (Å²) in [7, 11) is 0. The van der Waals surface area contributed by atoms with Crippen LogP contribution in [0.1, 0.15) is 22.3 Å². The van der Waals surface area contributed by atoms with E-state index in [9.17, 15) is 10.1 Å². The average molecular weight is 461 g/mol. The van der Waals surface area contributed by atoms with Crippen LogP contribution >= 0.6 is 15.9 Å². The molecule has 1 N–H and O–H groups in total. The third-order valence-corrected chi connectivity index (χ3v) is 5.00. The van der Waals surface area contributed by atoms with Crippen LogP contribution in [0.3, 0.4) is 0 Å². The van der Waals surface area contributed by atoms with E-state index in [1.807, 2.05) is 74.5 Å². The first-order chi connectivity index (χ1) is 14.4. The number of amides is 1. The van der Waals surface area contributed by atoms with Crippen molar-refractivity contribution in [3.63, 3.8) is 0 Å². The van der Waals surface area contributed by atoms with Crippen LogP contribution in [0.5, 0.6) is 5.75 Å². The van der Waals surface area contributed by atoms with E-state index in [0.717, 1.165) is 21.2 Å². The smallest absolute Gasteiger partial charge is 0.266 e. The van der Waals surface area contributed by atoms with E-state index in [4.69, 9.17) is 4.74 Å². The van der Waals surface area contributed by atoms with E-state index in [-0.39, 0.29) is 5.57 Å². The molecule has 1 amide bonds. The molecule has 0 aliphatic heterocycles. The van der Waals surface area contributed by atoms with Crippen molar-refractivity contribution in [3.8, 4) is 11.8 Å². The van der Waals surface area contributed by atoms with Gasteiger partial charge in [-0.2, -0.15) is 5.26 Å². The van der Waals surface area contributed by atoms with Gasteiger partial charge in [0.25, 0.3) is 5.91 Å². The number of hydrogen-bond donors (Lipinski definition) is 1. The number of anilines is 1. The number of aryl methyl sites for hydroxylation is 2. The molecule has 0 bridgehead atoms. The minimum atomic E-state index is -0.445. The molecule has 0 atom stereocenters. The Labute approximate surface area is 184 Å². The highest BCUT2D eigenvalue weighted by atomic mass is 79.9. The fourth-order valence-corrected chi connectivity index (χ4v) is 3.43. The van der Waals surface area contributed by atoms with E-state index >= 15 is 0 Å². The van der Waals surface area contributed by atoms with Gasteiger partial charge in [0.05, 0.1) is 4.47 Å². The molecule has 0 radical (unpaired) electrons. The lowest BCUT2D eigenvalue weighted by molar-refractivity contribution is -0.112. The lowest BCUT2D eigenvalue weighted by atomic mass is 10.1. The largest absolute Gasteiger partial charge is 0.488 e. The van der Waals surface area contributed by atoms with Crippen molar-refractivity contribution in [3.05, 3.63) is 99.0 Å². The molecule has 4 nitrogen and oxygen atoms in total. The lowest BCUT2D eigenvalue weighted by Gasteiger charge is -2.10. The highest BCUT2D eigenvalue weighted by Gasteiger charge is 2.11. The number of rotatable bonds is 6. The van der Waals surface area contributed by atoms with Gasteiger partial charge < -0.3 is 10.1 Å². The molecule has 0 aromatic heterocycles. The Hall–Kier alpha value is -3.36. The molecule has 3 aromatic carbocycles. The average Bonchev–Trinajstić information content (AvgIpc) is 2.71. The van der Waals surface area contributed by atoms with Crippen LogP contribution in [0.4, 0.5) is 5.69 Å². The monoisotopic (exact) mass is 460 g/mol. The van der Waals surface area contributed by atoms with Gasteiger partial charge >= 0.3 is 0 Å². The summed E-state index contributed by atoms with van der Waals surface area (Å²) in [6.07, 6.45) is 1.56. The van der Waals surface area contributed by atoms with E-state index in [1.165, 1.54) is 5.56 Å². The molecule has 0 saturated carbocycles. The molecule has 3 rings (SSSR count). The number of ether oxygens (including phenoxy) is 1. The second kappa shape index (κ2) is 9.91. The maximum absolute atomic E-state index is 12.5. The first-order valence-corrected chi connectivity index (χ1v) is 10.2. The Morgan fingerprint density at radius 2 is 1.80 bits per heavy atom. The van der Waals surface area contributed by atoms with Gasteiger partial charge in [-0.15, -0.1) is 0 Å². The zero-order valence-corrected chi connectivity index (χ0v) is 18.4. The summed E-state index contributed by atoms with van der Waals surface area (Å²) >= 11 is 3.51. The van der Waals surface area contributed by atoms with Crippen LogP contribution in [0.2, 0.25) is 0 Å². The Morgan fingerprint density at radius 3 is 2.47 bits per heavy atom. The minimum Gasteiger partial charge on any atom is -0.488 e. The number of hydrogen-bond acceptors (Lipinski definition) is 3. The van der Waals surface area contributed by atoms with Crippen molar-refractivity contribution in [1.29, 1.82) is 5.26 Å². The minimum absolute atomic E-state index is 0.0248. The van der Waals surface area contributed by atoms with E-state index in [2.05, 4.69) is 27.3 Å². The van der Waals surface area contributed by atoms with Crippen molar-refractivity contribution >= 4 is 33.6 Å². The molecule has 0 spiro atoms. The maximum Gasteiger partial charge on any atom is 0.266 e. The molecule has 0 heterocycles. The molecule has 3 aromatic rings. The Balaban J connectivity index is 1.71. The molecule has 150 valence electrons. The van der Waals surface area contributed by atoms with Gasteiger partial charge in [-0.1, -0.05) is 48.0 Å². The Bertz CT molecular complexity index is 1150. The SMILES string of the molecule is Cc1cccc(COc2ccc(/C=C(/C#N)C(=O)Nc3cccc(C)c3)cc2Br)c1. The number of carbonyl (C=O) groups is 1. The summed E-state index contributed by atoms with van der Waals surface area (Å²) in [5.41, 5.74) is 4.70. The summed E-state index contributed by atoms with van der Waals surface area (Å²) in [6.45, 7) is 4.44. The van der Waals surface area contributed by atoms with Gasteiger partial charge in [-0.3, -0.25) is 4.79 Å². The first-order valence-electron chi connectivity index (χ1n) is 9.42. The zero-order chi connectivity index (χ0) is 21.5. The van der Waals surface area contributed by atoms with Crippen molar-refractivity contribution in [2.24, 2.45) is 0 Å². The van der Waals surface area contributed by atoms with Crippen molar-refractivity contribution < 1.29 is 9.53 Å². The van der Waals surface area contributed by atoms with E-state index in [1.54, 1.807) is 12.1 Å². The molecule has 5 heteroatoms. The zero-order valence-electron chi connectivity index (χ0n) is 16.8. The summed E-state index contributed by atoms with van der Waals surface area (Å²) in [4.78, 5) is 12.5. The molecule has 0 aliphatic carbocycles. The molecule has 0 saturated heterocycles. The number of carbonyl (C=O) groups excluding carboxylic acids is 1. The normalized spacial score (nSPS) is 10.9. The number of nitriles is 1. The molecule has 30 heavy (non-hydrogen) atoms. The van der Waals surface area contributed by atoms with Gasteiger partial charge in [0.15, 0.2) is 0 Å². The first kappa shape index (κ1) is 21.4. The summed E-state index contributed by atoms with van der Waals surface area (Å²) < 4.78 is 6.64. The van der Waals surface area contributed by atoms with Crippen LogP contribution in [-0.2, 0) is 11.4 Å². The number of nitrogens with zero attached hydrogens (tertiary/aromatic N) is 1. The summed E-state index contributed by atoms with van der Waals surface area (Å²) in [5, 5.41) is 12.2. The van der Waals surface area contributed by atoms with Crippen LogP contribution < -0.4 is 10.1 Å². The predicted octanol–water partition coefficient (Wildman–Crippen LogP) is 6.19. The number of nitrogens with one attached hydrogen (secondary N) is 1. The molecule has 0 aliphatic rings. The van der Waals surface area contributed by atoms with Gasteiger partial charge in [-0.25, -0.2) is 0 Å². The second-order valence-corrected chi connectivity index (χ2v) is 7.82. The van der Waals surface area contributed by atoms with Crippen LogP contribution in [0.25, 0.3) is 6.08 Å². The lowest BCUT2D eigenvalue weighted by Crippen LogP contribution is -2.13. The summed E-state index contributed by atoms with van der Waals surface area (Å²) in [5.74, 6) is 0.246. The van der Waals surface area contributed by atoms with Crippen LogP contribution in [-0.4, -0.2) is 5.91 Å². The third-order valence-electron chi connectivity index (χ3n) is 4.38. The highest BCUT2D eigenvalue weighted by molar-refractivity contribution is 9.10. The molecule has 0 unspecified atom stereocenters. The predicted molar refractivity (Wildman–Crippen MR) is 123 cm³/mol. The van der Waals surface area contributed by atoms with Crippen molar-refractivity contribution in [2.45, 2.75) is 20.5 Å². The second-order valence-electron chi connectivity index (χ2n) is 6.96. The molecular formula is C25H21BrN2O2. The maximum atomic E-state index is 12.5. The van der Waals surface area contributed by atoms with Crippen LogP contribution in [0, 0.1) is 25.2 Å². The van der Waals surface area contributed by atoms with Gasteiger partial charge in [0, 0.05) is 5.69 Å². The molecule has 0 fully saturated rings. The van der Waals surface area contributed by atoms with Gasteiger partial charge in [-0.05, 0) is 76.8 Å². The third kappa shape index (κ3) is 5.82. The van der Waals surface area contributed by atoms with Gasteiger partial charge in [0.2, 0.25) is 0 Å². The molecular weight excluding hydrogens is 440 g/mol. The van der Waals surface area contributed by atoms with E-state index in [0.29, 0.717) is 18.0 Å². The summed E-state index contributed by atoms with van der Waals surface area (Å²) in [6, 6.07) is 23.0. The standard InChI is InChI=1S/C25H21BrN2O2/c1-17-5-3-7-20(11-17)16-30-24-10-9-19(14-23(24)26)13-21(15-27)25(29)28-22-8-4-6-18(2)12-22/h3-14H,16H2,1-2H3,(H,28,29)/b21-13-. The quantitative estimate of drug-likeness (QED) is 0.352. The fourth-order valence-electron chi connectivity index (χ4n) is 2.92. The van der Waals surface area contributed by atoms with Gasteiger partial charge in [0.1, 0.15) is 24.0 Å². The van der Waals surface area contributed by atoms with E-state index < -0.39 is 5.91 Å². The number of benzene rings is 3. The Morgan fingerprint density at radius 1 is 1.07 bits per heavy atom. The van der Waals surface area contributed by atoms with Crippen molar-refractivity contribution in [1.82, 2.24) is 0 Å². The number of halogens is 1. The topological polar surface area (TPSA) is 62.1 Å². The van der Waals surface area contributed by atoms with Crippen molar-refractivity contribution in [2.75, 3.05) is 5.32 Å². The van der Waals surface area contributed by atoms with Crippen LogP contribution in [0.15, 0.2) is 76.8 Å². The Kier molecular flexibility index (Phi) is 7.05. The fraction of sp³-hybridized carbons (Fsp3) is 0.120.